The van der Waals surface area contributed by atoms with Gasteiger partial charge in [0.1, 0.15) is 16.8 Å². The molecule has 15 aromatic heterocycles. The maximum absolute atomic E-state index is 7.02. The van der Waals surface area contributed by atoms with Gasteiger partial charge in [-0.15, -0.1) is 22.7 Å². The smallest absolute Gasteiger partial charge is 0.236 e. The normalized spacial score (nSPS) is 12.7. The lowest BCUT2D eigenvalue weighted by molar-refractivity contribution is 0.666. The second-order valence-corrected chi connectivity index (χ2v) is 42.3. The molecule has 0 saturated heterocycles. The Balaban J connectivity index is 0.480. The van der Waals surface area contributed by atoms with Crippen molar-refractivity contribution in [1.29, 1.82) is 0 Å². The van der Waals surface area contributed by atoms with Crippen LogP contribution in [-0.2, 0) is 0 Å². The van der Waals surface area contributed by atoms with Gasteiger partial charge in [-0.05, 0) is 188 Å². The van der Waals surface area contributed by atoms with Crippen molar-refractivity contribution < 1.29 is 4.42 Å². The third-order valence-corrected chi connectivity index (χ3v) is 34.9. The number of hydrogen-bond acceptors (Lipinski definition) is 9. The monoisotopic (exact) mass is 1930 g/mol. The summed E-state index contributed by atoms with van der Waals surface area (Å²) in [6.07, 6.45) is 0. The molecule has 21 aromatic carbocycles. The predicted molar refractivity (Wildman–Crippen MR) is 621 cm³/mol. The first-order valence-electron chi connectivity index (χ1n) is 50.6. The van der Waals surface area contributed by atoms with E-state index in [1.807, 2.05) is 12.1 Å². The molecule has 0 fully saturated rings. The van der Waals surface area contributed by atoms with Crippen molar-refractivity contribution in [2.75, 3.05) is 0 Å². The van der Waals surface area contributed by atoms with Crippen LogP contribution in [0, 0.1) is 0 Å². The van der Waals surface area contributed by atoms with Crippen LogP contribution in [0.3, 0.4) is 0 Å². The highest BCUT2D eigenvalue weighted by Gasteiger charge is 2.34. The van der Waals surface area contributed by atoms with Crippen LogP contribution in [0.5, 0.6) is 0 Å². The summed E-state index contributed by atoms with van der Waals surface area (Å²) in [7, 11) is 0. The third-order valence-electron chi connectivity index (χ3n) is 32.6. The zero-order chi connectivity index (χ0) is 96.3. The molecule has 0 aliphatic rings. The summed E-state index contributed by atoms with van der Waals surface area (Å²) in [5.41, 5.74) is 33.1. The van der Waals surface area contributed by atoms with E-state index in [0.29, 0.717) is 29.1 Å². The molecule has 0 saturated carbocycles. The maximum atomic E-state index is 7.02. The van der Waals surface area contributed by atoms with Crippen molar-refractivity contribution in [2.45, 2.75) is 0 Å². The van der Waals surface area contributed by atoms with Crippen LogP contribution in [0.1, 0.15) is 0 Å². The minimum atomic E-state index is 0.552. The van der Waals surface area contributed by atoms with Crippen LogP contribution >= 0.6 is 22.7 Å². The average molecular weight is 1930 g/mol. The van der Waals surface area contributed by atoms with E-state index in [4.69, 9.17) is 34.3 Å². The number of hydrogen-bond donors (Lipinski definition) is 0. The molecule has 0 aliphatic heterocycles. The zero-order valence-corrected chi connectivity index (χ0v) is 80.6. The largest absolute Gasteiger partial charge is 0.452 e. The SMILES string of the molecule is c1cc(-c2ccc(-c3nc(-n4c5ccccc5c5c6c7ccccc7n7c8ccccc8c(cc54)c67)nc4c3sc3ccccc34)cc2)cc(-c2ccc3c(c2)c2c4c5ccccc5n(-c5nc(-c6ccc7cc(-c8ccc9c(c8)c8c%10c%11ccccc%11n(-c%11nc(-c%12ccc%13ccccc%13c%12)c%12sc%13ccccc%13c%12n%11)c%10cc%10c%11ccccc%11n9c%108)ccc7c6)c6oc7ccccc7c6n5)c4cc4c5ccccc5n3c42)c1. The Bertz CT molecular complexity index is 12500. The van der Waals surface area contributed by atoms with Gasteiger partial charge in [0.25, 0.3) is 0 Å². The third kappa shape index (κ3) is 10.5. The second-order valence-electron chi connectivity index (χ2n) is 40.2. The lowest BCUT2D eigenvalue weighted by Crippen LogP contribution is -2.03. The Labute approximate surface area is 851 Å². The number of rotatable bonds is 9. The van der Waals surface area contributed by atoms with Gasteiger partial charge in [0.15, 0.2) is 5.58 Å². The van der Waals surface area contributed by atoms with E-state index in [1.54, 1.807) is 22.7 Å². The van der Waals surface area contributed by atoms with Crippen LogP contribution in [0.4, 0.5) is 0 Å². The molecule has 0 N–H and O–H groups in total. The summed E-state index contributed by atoms with van der Waals surface area (Å²) >= 11 is 3.53. The van der Waals surface area contributed by atoms with Gasteiger partial charge in [-0.2, -0.15) is 0 Å². The van der Waals surface area contributed by atoms with Crippen LogP contribution < -0.4 is 0 Å². The van der Waals surface area contributed by atoms with Gasteiger partial charge >= 0.3 is 0 Å². The van der Waals surface area contributed by atoms with Gasteiger partial charge in [-0.25, -0.2) is 29.9 Å². The van der Waals surface area contributed by atoms with Gasteiger partial charge in [0.2, 0.25) is 17.8 Å². The highest BCUT2D eigenvalue weighted by molar-refractivity contribution is 7.26. The molecule has 36 rings (SSSR count). The number of furan rings is 1. The highest BCUT2D eigenvalue weighted by atomic mass is 32.1. The fourth-order valence-electron chi connectivity index (χ4n) is 26.2. The first-order valence-corrected chi connectivity index (χ1v) is 52.2. The van der Waals surface area contributed by atoms with Crippen molar-refractivity contribution in [3.63, 3.8) is 0 Å². The zero-order valence-electron chi connectivity index (χ0n) is 79.0. The fourth-order valence-corrected chi connectivity index (χ4v) is 28.5. The van der Waals surface area contributed by atoms with Gasteiger partial charge in [-0.1, -0.05) is 291 Å². The number of thiophene rings is 2. The standard InChI is InChI=1S/C134H70N12OS2/c1-2-25-74-64-83(56-50-71(74)24-1)122-131-125(93-37-12-22-47-113(93)149-131)140-134(137-122)146-105-44-19-8-33-89(105)116-110(146)70-96-86-30-5-15-40-101(86)143-107-61-59-81(67-98(107)119(116)128(96)143)78-53-54-79-65-82(57-55-77(79)63-78)120-129-123(91-35-10-20-45-111(91)147-129)138-132(135-120)144-104-43-18-7-32-88(104)115-109(144)69-95-85-29-4-14-39-100(85)142-106-60-58-80(66-97(106)118(115)127(95)142)76-27-23-26-75(62-76)72-48-51-73(52-49-72)121-130-124(92-36-11-21-46-112(92)148-130)139-133(136-121)145-103-42-17-6-31-87(103)114-108(145)68-94-84-28-3-13-38-99(84)141-102-41-16-9-34-90(102)117(114)126(94)141/h1-70H. The summed E-state index contributed by atoms with van der Waals surface area (Å²) in [6.45, 7) is 0. The molecule has 0 radical (unpaired) electrons. The van der Waals surface area contributed by atoms with Gasteiger partial charge in [0, 0.05) is 139 Å². The lowest BCUT2D eigenvalue weighted by atomic mass is 9.96. The molecule has 684 valence electrons. The Kier molecular flexibility index (Phi) is 15.2. The fraction of sp³-hybridized carbons (Fsp3) is 0. The van der Waals surface area contributed by atoms with Crippen LogP contribution in [0.2, 0.25) is 0 Å². The van der Waals surface area contributed by atoms with E-state index in [-0.39, 0.29) is 0 Å². The van der Waals surface area contributed by atoms with Gasteiger partial charge < -0.3 is 17.6 Å². The highest BCUT2D eigenvalue weighted by Crippen LogP contribution is 2.55. The van der Waals surface area contributed by atoms with E-state index >= 15 is 0 Å². The van der Waals surface area contributed by atoms with Crippen LogP contribution in [0.15, 0.2) is 429 Å². The number of para-hydroxylation sites is 8. The quantitative estimate of drug-likeness (QED) is 0.141. The molecule has 0 bridgehead atoms. The number of benzene rings is 21. The molecular weight excluding hydrogens is 1860 g/mol. The van der Waals surface area contributed by atoms with Crippen molar-refractivity contribution in [3.8, 4) is 85.0 Å². The van der Waals surface area contributed by atoms with Crippen molar-refractivity contribution in [3.05, 3.63) is 425 Å². The van der Waals surface area contributed by atoms with E-state index < -0.39 is 0 Å². The van der Waals surface area contributed by atoms with Crippen molar-refractivity contribution >= 4 is 287 Å². The minimum absolute atomic E-state index is 0.552. The Morgan fingerprint density at radius 1 is 0.181 bits per heavy atom. The summed E-state index contributed by atoms with van der Waals surface area (Å²) < 4.78 is 26.0. The maximum Gasteiger partial charge on any atom is 0.236 e. The average Bonchev–Trinajstić information content (AvgIpc) is 1.53. The van der Waals surface area contributed by atoms with Crippen molar-refractivity contribution in [1.82, 2.24) is 56.8 Å². The molecule has 0 amide bonds. The number of fused-ring (bicyclic) bond motifs is 41. The number of nitrogens with zero attached hydrogens (tertiary/aromatic N) is 12. The summed E-state index contributed by atoms with van der Waals surface area (Å²) in [6, 6.07) is 156. The summed E-state index contributed by atoms with van der Waals surface area (Å²) in [5.74, 6) is 1.83. The van der Waals surface area contributed by atoms with Crippen LogP contribution in [-0.4, -0.2) is 56.8 Å². The van der Waals surface area contributed by atoms with E-state index in [0.717, 1.165) is 197 Å². The van der Waals surface area contributed by atoms with E-state index in [9.17, 15) is 0 Å². The predicted octanol–water partition coefficient (Wildman–Crippen LogP) is 35.7. The molecule has 15 heteroatoms. The molecule has 36 aromatic rings. The Hall–Kier alpha value is -19.6. The van der Waals surface area contributed by atoms with Gasteiger partial charge in [-0.3, -0.25) is 13.7 Å². The van der Waals surface area contributed by atoms with Crippen LogP contribution in [0.25, 0.3) is 349 Å². The first kappa shape index (κ1) is 79.0. The first-order chi connectivity index (χ1) is 73.9. The number of aromatic nitrogens is 12. The topological polar surface area (TPSA) is 118 Å². The van der Waals surface area contributed by atoms with Crippen molar-refractivity contribution in [2.24, 2.45) is 0 Å². The molecule has 0 unspecified atom stereocenters. The Morgan fingerprint density at radius 2 is 0.503 bits per heavy atom. The molecule has 13 nitrogen and oxygen atoms in total. The second kappa shape index (κ2) is 28.7. The molecule has 149 heavy (non-hydrogen) atoms. The minimum Gasteiger partial charge on any atom is -0.452 e. The summed E-state index contributed by atoms with van der Waals surface area (Å²) in [4.78, 5) is 34.4. The lowest BCUT2D eigenvalue weighted by Gasteiger charge is -2.11. The molecule has 0 atom stereocenters. The Morgan fingerprint density at radius 3 is 1.01 bits per heavy atom. The molecule has 15 heterocycles. The van der Waals surface area contributed by atoms with E-state index in [2.05, 4.69) is 439 Å². The molecule has 0 aliphatic carbocycles. The molecule has 0 spiro atoms. The molecular formula is C134H70N12OS2. The van der Waals surface area contributed by atoms with E-state index in [1.165, 1.54) is 123 Å². The van der Waals surface area contributed by atoms with Gasteiger partial charge in [0.05, 0.1) is 115 Å². The summed E-state index contributed by atoms with van der Waals surface area (Å²) in [5, 5.41) is 29.0.